The number of nitrogens with one attached hydrogen (secondary N) is 1. The van der Waals surface area contributed by atoms with Crippen molar-refractivity contribution in [2.75, 3.05) is 0 Å². The zero-order valence-electron chi connectivity index (χ0n) is 9.21. The Morgan fingerprint density at radius 1 is 1.62 bits per heavy atom. The summed E-state index contributed by atoms with van der Waals surface area (Å²) in [7, 11) is 1.73. The van der Waals surface area contributed by atoms with Gasteiger partial charge in [0.25, 0.3) is 0 Å². The van der Waals surface area contributed by atoms with Crippen LogP contribution in [0, 0.1) is 6.92 Å². The molecule has 2 aromatic heterocycles. The Morgan fingerprint density at radius 2 is 2.44 bits per heavy atom. The molecular weight excluding hydrogens is 208 g/mol. The number of furan rings is 1. The van der Waals surface area contributed by atoms with Crippen LogP contribution >= 0.6 is 0 Å². The van der Waals surface area contributed by atoms with Crippen molar-refractivity contribution >= 4 is 0 Å². The Morgan fingerprint density at radius 3 is 2.94 bits per heavy atom. The minimum absolute atomic E-state index is 0.0679. The Balaban J connectivity index is 2.12. The molecule has 3 N–H and O–H groups in total. The number of hydrazine groups is 1. The zero-order chi connectivity index (χ0) is 11.5. The van der Waals surface area contributed by atoms with Crippen LogP contribution in [0.5, 0.6) is 0 Å². The standard InChI is InChI=1S/C9H14N6O/c1-6-3-7(5-16-6)8(11-10)4-9-12-14-15(2)13-9/h3,5,8,11H,4,10H2,1-2H3. The number of nitrogens with two attached hydrogens (primary N) is 1. The van der Waals surface area contributed by atoms with E-state index in [1.807, 2.05) is 13.0 Å². The summed E-state index contributed by atoms with van der Waals surface area (Å²) >= 11 is 0. The number of rotatable bonds is 4. The summed E-state index contributed by atoms with van der Waals surface area (Å²) in [4.78, 5) is 1.42. The van der Waals surface area contributed by atoms with Gasteiger partial charge in [-0.15, -0.1) is 10.2 Å². The van der Waals surface area contributed by atoms with E-state index in [0.29, 0.717) is 12.2 Å². The first-order chi connectivity index (χ1) is 7.69. The summed E-state index contributed by atoms with van der Waals surface area (Å²) in [5, 5.41) is 11.8. The van der Waals surface area contributed by atoms with Gasteiger partial charge in [-0.1, -0.05) is 0 Å². The van der Waals surface area contributed by atoms with Crippen molar-refractivity contribution in [1.29, 1.82) is 0 Å². The van der Waals surface area contributed by atoms with Gasteiger partial charge in [0.05, 0.1) is 19.4 Å². The van der Waals surface area contributed by atoms with E-state index in [1.165, 1.54) is 4.80 Å². The fraction of sp³-hybridized carbons (Fsp3) is 0.444. The molecule has 0 saturated carbocycles. The van der Waals surface area contributed by atoms with Crippen LogP contribution in [0.1, 0.15) is 23.2 Å². The second-order valence-electron chi connectivity index (χ2n) is 3.61. The molecule has 0 amide bonds. The van der Waals surface area contributed by atoms with Crippen LogP contribution in [-0.2, 0) is 13.5 Å². The number of nitrogens with zero attached hydrogens (tertiary/aromatic N) is 4. The quantitative estimate of drug-likeness (QED) is 0.552. The van der Waals surface area contributed by atoms with Crippen LogP contribution in [0.4, 0.5) is 0 Å². The topological polar surface area (TPSA) is 94.8 Å². The Hall–Kier alpha value is -1.73. The summed E-state index contributed by atoms with van der Waals surface area (Å²) in [6.45, 7) is 1.89. The van der Waals surface area contributed by atoms with Crippen LogP contribution < -0.4 is 11.3 Å². The maximum absolute atomic E-state index is 5.49. The molecule has 2 aromatic rings. The van der Waals surface area contributed by atoms with Gasteiger partial charge < -0.3 is 4.42 Å². The van der Waals surface area contributed by atoms with E-state index < -0.39 is 0 Å². The molecule has 0 saturated heterocycles. The van der Waals surface area contributed by atoms with Crippen LogP contribution in [0.15, 0.2) is 16.7 Å². The molecule has 7 heteroatoms. The predicted octanol–water partition coefficient (Wildman–Crippen LogP) is -0.141. The molecule has 86 valence electrons. The first-order valence-electron chi connectivity index (χ1n) is 4.93. The van der Waals surface area contributed by atoms with E-state index in [9.17, 15) is 0 Å². The number of tetrazole rings is 1. The van der Waals surface area contributed by atoms with Gasteiger partial charge >= 0.3 is 0 Å². The molecule has 7 nitrogen and oxygen atoms in total. The third-order valence-corrected chi connectivity index (χ3v) is 2.29. The van der Waals surface area contributed by atoms with Crippen molar-refractivity contribution in [3.05, 3.63) is 29.5 Å². The van der Waals surface area contributed by atoms with Crippen molar-refractivity contribution in [3.63, 3.8) is 0 Å². The number of hydrogen-bond acceptors (Lipinski definition) is 6. The molecule has 0 aliphatic carbocycles. The first-order valence-corrected chi connectivity index (χ1v) is 4.93. The predicted molar refractivity (Wildman–Crippen MR) is 56.0 cm³/mol. The van der Waals surface area contributed by atoms with E-state index in [2.05, 4.69) is 20.8 Å². The Kier molecular flexibility index (Phi) is 2.97. The van der Waals surface area contributed by atoms with Crippen molar-refractivity contribution in [3.8, 4) is 0 Å². The lowest BCUT2D eigenvalue weighted by Crippen LogP contribution is -2.29. The third kappa shape index (κ3) is 2.26. The normalized spacial score (nSPS) is 12.9. The minimum Gasteiger partial charge on any atom is -0.469 e. The molecule has 0 radical (unpaired) electrons. The van der Waals surface area contributed by atoms with Crippen molar-refractivity contribution in [1.82, 2.24) is 25.6 Å². The lowest BCUT2D eigenvalue weighted by atomic mass is 10.1. The molecule has 1 unspecified atom stereocenters. The second kappa shape index (κ2) is 4.42. The number of hydrogen-bond donors (Lipinski definition) is 2. The Bertz CT molecular complexity index is 462. The summed E-state index contributed by atoms with van der Waals surface area (Å²) in [5.74, 6) is 6.99. The second-order valence-corrected chi connectivity index (χ2v) is 3.61. The maximum Gasteiger partial charge on any atom is 0.176 e. The van der Waals surface area contributed by atoms with E-state index in [-0.39, 0.29) is 6.04 Å². The molecule has 0 spiro atoms. The van der Waals surface area contributed by atoms with E-state index >= 15 is 0 Å². The lowest BCUT2D eigenvalue weighted by Gasteiger charge is -2.10. The summed E-state index contributed by atoms with van der Waals surface area (Å²) in [5.41, 5.74) is 3.69. The third-order valence-electron chi connectivity index (χ3n) is 2.29. The molecule has 1 atom stereocenters. The van der Waals surface area contributed by atoms with Crippen molar-refractivity contribution in [2.24, 2.45) is 12.9 Å². The molecule has 0 fully saturated rings. The highest BCUT2D eigenvalue weighted by atomic mass is 16.3. The van der Waals surface area contributed by atoms with Gasteiger partial charge in [0.1, 0.15) is 5.76 Å². The zero-order valence-corrected chi connectivity index (χ0v) is 9.21. The molecule has 2 rings (SSSR count). The summed E-state index contributed by atoms with van der Waals surface area (Å²) in [6.07, 6.45) is 2.25. The van der Waals surface area contributed by atoms with Crippen LogP contribution in [0.3, 0.4) is 0 Å². The van der Waals surface area contributed by atoms with Gasteiger partial charge in [0.15, 0.2) is 5.82 Å². The molecule has 0 bridgehead atoms. The minimum atomic E-state index is -0.0679. The Labute approximate surface area is 92.6 Å². The number of aryl methyl sites for hydroxylation is 2. The van der Waals surface area contributed by atoms with Crippen molar-refractivity contribution < 1.29 is 4.42 Å². The highest BCUT2D eigenvalue weighted by Crippen LogP contribution is 2.18. The molecular formula is C9H14N6O. The average Bonchev–Trinajstić information content (AvgIpc) is 2.84. The molecule has 16 heavy (non-hydrogen) atoms. The average molecular weight is 222 g/mol. The van der Waals surface area contributed by atoms with E-state index in [4.69, 9.17) is 10.3 Å². The smallest absolute Gasteiger partial charge is 0.176 e. The fourth-order valence-corrected chi connectivity index (χ4v) is 1.51. The van der Waals surface area contributed by atoms with Gasteiger partial charge in [-0.05, 0) is 18.2 Å². The molecule has 0 aliphatic rings. The van der Waals surface area contributed by atoms with Crippen LogP contribution in [-0.4, -0.2) is 20.2 Å². The molecule has 0 aliphatic heterocycles. The monoisotopic (exact) mass is 222 g/mol. The van der Waals surface area contributed by atoms with Gasteiger partial charge in [-0.3, -0.25) is 11.3 Å². The first kappa shape index (κ1) is 10.8. The van der Waals surface area contributed by atoms with Crippen LogP contribution in [0.2, 0.25) is 0 Å². The summed E-state index contributed by atoms with van der Waals surface area (Å²) in [6, 6.07) is 1.86. The van der Waals surface area contributed by atoms with Gasteiger partial charge in [0.2, 0.25) is 0 Å². The van der Waals surface area contributed by atoms with Gasteiger partial charge in [-0.25, -0.2) is 0 Å². The highest BCUT2D eigenvalue weighted by molar-refractivity contribution is 5.17. The summed E-state index contributed by atoms with van der Waals surface area (Å²) < 4.78 is 5.23. The maximum atomic E-state index is 5.49. The number of aromatic nitrogens is 4. The molecule has 2 heterocycles. The SMILES string of the molecule is Cc1cc(C(Cc2nnn(C)n2)NN)co1. The lowest BCUT2D eigenvalue weighted by molar-refractivity contribution is 0.506. The van der Waals surface area contributed by atoms with E-state index in [0.717, 1.165) is 11.3 Å². The van der Waals surface area contributed by atoms with Crippen LogP contribution in [0.25, 0.3) is 0 Å². The van der Waals surface area contributed by atoms with E-state index in [1.54, 1.807) is 13.3 Å². The van der Waals surface area contributed by atoms with Crippen molar-refractivity contribution in [2.45, 2.75) is 19.4 Å². The fourth-order valence-electron chi connectivity index (χ4n) is 1.51. The van der Waals surface area contributed by atoms with Gasteiger partial charge in [-0.2, -0.15) is 4.80 Å². The largest absolute Gasteiger partial charge is 0.469 e. The molecule has 0 aromatic carbocycles. The van der Waals surface area contributed by atoms with Gasteiger partial charge in [0, 0.05) is 12.0 Å². The highest BCUT2D eigenvalue weighted by Gasteiger charge is 2.15.